The van der Waals surface area contributed by atoms with Crippen LogP contribution in [0.3, 0.4) is 0 Å². The van der Waals surface area contributed by atoms with Gasteiger partial charge in [-0.3, -0.25) is 4.79 Å². The maximum atomic E-state index is 12.2. The summed E-state index contributed by atoms with van der Waals surface area (Å²) in [6.07, 6.45) is 1.65. The van der Waals surface area contributed by atoms with Gasteiger partial charge in [-0.05, 0) is 46.0 Å². The molecule has 0 aliphatic heterocycles. The van der Waals surface area contributed by atoms with E-state index in [0.717, 1.165) is 27.6 Å². The van der Waals surface area contributed by atoms with Gasteiger partial charge in [-0.1, -0.05) is 56.8 Å². The van der Waals surface area contributed by atoms with Gasteiger partial charge in [0, 0.05) is 22.8 Å². The standard InChI is InChI=1S/C21H24BrN5OS/c1-5-27-19(14-6-8-15(9-7-14)21(2,3)4)25-26-20(27)29-13-18(28)24-17-11-10-16(22)12-23-17/h6-12H,5,13H2,1-4H3,(H,23,24,28). The second kappa shape index (κ2) is 9.09. The van der Waals surface area contributed by atoms with E-state index in [4.69, 9.17) is 0 Å². The molecule has 0 spiro atoms. The van der Waals surface area contributed by atoms with E-state index in [2.05, 4.69) is 81.5 Å². The molecule has 8 heteroatoms. The number of benzene rings is 1. The van der Waals surface area contributed by atoms with E-state index in [9.17, 15) is 4.79 Å². The first-order valence-electron chi connectivity index (χ1n) is 9.36. The van der Waals surface area contributed by atoms with Crippen LogP contribution >= 0.6 is 27.7 Å². The van der Waals surface area contributed by atoms with E-state index >= 15 is 0 Å². The Morgan fingerprint density at radius 3 is 2.45 bits per heavy atom. The molecule has 3 rings (SSSR count). The molecule has 1 aromatic carbocycles. The highest BCUT2D eigenvalue weighted by Gasteiger charge is 2.17. The van der Waals surface area contributed by atoms with E-state index in [1.165, 1.54) is 17.3 Å². The smallest absolute Gasteiger partial charge is 0.236 e. The zero-order valence-electron chi connectivity index (χ0n) is 16.9. The van der Waals surface area contributed by atoms with Crippen LogP contribution in [0.5, 0.6) is 0 Å². The zero-order valence-corrected chi connectivity index (χ0v) is 19.3. The van der Waals surface area contributed by atoms with Crippen LogP contribution in [0.15, 0.2) is 52.2 Å². The number of aromatic nitrogens is 4. The van der Waals surface area contributed by atoms with Gasteiger partial charge in [-0.2, -0.15) is 0 Å². The van der Waals surface area contributed by atoms with E-state index in [-0.39, 0.29) is 17.1 Å². The summed E-state index contributed by atoms with van der Waals surface area (Å²) in [4.78, 5) is 16.4. The maximum absolute atomic E-state index is 12.2. The van der Waals surface area contributed by atoms with Crippen LogP contribution < -0.4 is 5.32 Å². The van der Waals surface area contributed by atoms with Gasteiger partial charge in [0.05, 0.1) is 5.75 Å². The summed E-state index contributed by atoms with van der Waals surface area (Å²) >= 11 is 4.69. The quantitative estimate of drug-likeness (QED) is 0.501. The Morgan fingerprint density at radius 1 is 1.14 bits per heavy atom. The number of halogens is 1. The number of amides is 1. The summed E-state index contributed by atoms with van der Waals surface area (Å²) in [5.41, 5.74) is 2.40. The minimum absolute atomic E-state index is 0.106. The molecule has 0 aliphatic rings. The molecule has 0 bridgehead atoms. The Labute approximate surface area is 183 Å². The number of nitrogens with zero attached hydrogens (tertiary/aromatic N) is 4. The van der Waals surface area contributed by atoms with Crippen molar-refractivity contribution in [2.45, 2.75) is 44.8 Å². The Kier molecular flexibility index (Phi) is 6.74. The largest absolute Gasteiger partial charge is 0.310 e. The van der Waals surface area contributed by atoms with Crippen molar-refractivity contribution in [3.63, 3.8) is 0 Å². The number of hydrogen-bond donors (Lipinski definition) is 1. The third kappa shape index (κ3) is 5.45. The Balaban J connectivity index is 1.69. The van der Waals surface area contributed by atoms with Gasteiger partial charge in [0.1, 0.15) is 5.82 Å². The fraction of sp³-hybridized carbons (Fsp3) is 0.333. The topological polar surface area (TPSA) is 72.7 Å². The fourth-order valence-electron chi connectivity index (χ4n) is 2.77. The van der Waals surface area contributed by atoms with Crippen molar-refractivity contribution in [2.75, 3.05) is 11.1 Å². The van der Waals surface area contributed by atoms with Crippen molar-refractivity contribution in [1.82, 2.24) is 19.7 Å². The lowest BCUT2D eigenvalue weighted by atomic mass is 9.87. The highest BCUT2D eigenvalue weighted by Crippen LogP contribution is 2.27. The van der Waals surface area contributed by atoms with Crippen molar-refractivity contribution in [3.05, 3.63) is 52.6 Å². The van der Waals surface area contributed by atoms with E-state index in [1.54, 1.807) is 12.3 Å². The fourth-order valence-corrected chi connectivity index (χ4v) is 3.81. The minimum atomic E-state index is -0.133. The lowest BCUT2D eigenvalue weighted by molar-refractivity contribution is -0.113. The van der Waals surface area contributed by atoms with Gasteiger partial charge in [-0.15, -0.1) is 10.2 Å². The summed E-state index contributed by atoms with van der Waals surface area (Å²) in [5, 5.41) is 12.2. The van der Waals surface area contributed by atoms with Crippen LogP contribution in [-0.2, 0) is 16.8 Å². The summed E-state index contributed by atoms with van der Waals surface area (Å²) in [5.74, 6) is 1.44. The first kappa shape index (κ1) is 21.5. The summed E-state index contributed by atoms with van der Waals surface area (Å²) in [7, 11) is 0. The lowest BCUT2D eigenvalue weighted by Gasteiger charge is -2.19. The minimum Gasteiger partial charge on any atom is -0.310 e. The Hall–Kier alpha value is -2.19. The van der Waals surface area contributed by atoms with Crippen molar-refractivity contribution in [1.29, 1.82) is 0 Å². The van der Waals surface area contributed by atoms with Crippen LogP contribution in [0, 0.1) is 0 Å². The van der Waals surface area contributed by atoms with Crippen LogP contribution in [0.4, 0.5) is 5.82 Å². The van der Waals surface area contributed by atoms with E-state index in [0.29, 0.717) is 5.82 Å². The monoisotopic (exact) mass is 473 g/mol. The van der Waals surface area contributed by atoms with E-state index < -0.39 is 0 Å². The first-order chi connectivity index (χ1) is 13.8. The molecule has 0 saturated carbocycles. The number of hydrogen-bond acceptors (Lipinski definition) is 5. The van der Waals surface area contributed by atoms with Gasteiger partial charge in [0.2, 0.25) is 5.91 Å². The molecule has 2 aromatic heterocycles. The third-order valence-electron chi connectivity index (χ3n) is 4.37. The molecule has 29 heavy (non-hydrogen) atoms. The molecular formula is C21H24BrN5OS. The number of nitrogens with one attached hydrogen (secondary N) is 1. The SMILES string of the molecule is CCn1c(SCC(=O)Nc2ccc(Br)cn2)nnc1-c1ccc(C(C)(C)C)cc1. The summed E-state index contributed by atoms with van der Waals surface area (Å²) in [6.45, 7) is 9.36. The molecule has 152 valence electrons. The van der Waals surface area contributed by atoms with Gasteiger partial charge < -0.3 is 9.88 Å². The molecule has 0 fully saturated rings. The van der Waals surface area contributed by atoms with Crippen LogP contribution in [-0.4, -0.2) is 31.4 Å². The predicted molar refractivity (Wildman–Crippen MR) is 121 cm³/mol. The Morgan fingerprint density at radius 2 is 1.86 bits per heavy atom. The number of rotatable bonds is 6. The van der Waals surface area contributed by atoms with E-state index in [1.807, 2.05) is 17.6 Å². The summed E-state index contributed by atoms with van der Waals surface area (Å²) < 4.78 is 2.89. The second-order valence-corrected chi connectivity index (χ2v) is 9.43. The molecule has 0 atom stereocenters. The molecule has 0 saturated heterocycles. The third-order valence-corrected chi connectivity index (χ3v) is 5.81. The average molecular weight is 474 g/mol. The highest BCUT2D eigenvalue weighted by molar-refractivity contribution is 9.10. The molecule has 2 heterocycles. The maximum Gasteiger partial charge on any atom is 0.236 e. The van der Waals surface area contributed by atoms with Crippen LogP contribution in [0.25, 0.3) is 11.4 Å². The van der Waals surface area contributed by atoms with Crippen molar-refractivity contribution < 1.29 is 4.79 Å². The van der Waals surface area contributed by atoms with Crippen molar-refractivity contribution >= 4 is 39.4 Å². The predicted octanol–water partition coefficient (Wildman–Crippen LogP) is 5.15. The summed E-state index contributed by atoms with van der Waals surface area (Å²) in [6, 6.07) is 12.0. The molecule has 1 amide bonds. The number of thioether (sulfide) groups is 1. The Bertz CT molecular complexity index is 978. The highest BCUT2D eigenvalue weighted by atomic mass is 79.9. The van der Waals surface area contributed by atoms with Crippen LogP contribution in [0.2, 0.25) is 0 Å². The number of anilines is 1. The molecule has 1 N–H and O–H groups in total. The van der Waals surface area contributed by atoms with Gasteiger partial charge in [0.15, 0.2) is 11.0 Å². The van der Waals surface area contributed by atoms with Gasteiger partial charge in [-0.25, -0.2) is 4.98 Å². The molecule has 0 aliphatic carbocycles. The number of carbonyl (C=O) groups excluding carboxylic acids is 1. The van der Waals surface area contributed by atoms with Crippen molar-refractivity contribution in [3.8, 4) is 11.4 Å². The average Bonchev–Trinajstić information content (AvgIpc) is 3.10. The molecule has 6 nitrogen and oxygen atoms in total. The molecule has 3 aromatic rings. The number of carbonyl (C=O) groups is 1. The molecule has 0 unspecified atom stereocenters. The normalized spacial score (nSPS) is 11.5. The van der Waals surface area contributed by atoms with Gasteiger partial charge in [0.25, 0.3) is 0 Å². The lowest BCUT2D eigenvalue weighted by Crippen LogP contribution is -2.15. The zero-order chi connectivity index (χ0) is 21.0. The van der Waals surface area contributed by atoms with Crippen molar-refractivity contribution in [2.24, 2.45) is 0 Å². The molecular weight excluding hydrogens is 450 g/mol. The van der Waals surface area contributed by atoms with Crippen LogP contribution in [0.1, 0.15) is 33.3 Å². The molecule has 0 radical (unpaired) electrons. The second-order valence-electron chi connectivity index (χ2n) is 7.58. The number of pyridine rings is 1. The van der Waals surface area contributed by atoms with Gasteiger partial charge >= 0.3 is 0 Å². The first-order valence-corrected chi connectivity index (χ1v) is 11.1.